The number of allylic oxidation sites excluding steroid dienone is 2. The fourth-order valence-electron chi connectivity index (χ4n) is 3.65. The lowest BCUT2D eigenvalue weighted by atomic mass is 9.77. The van der Waals surface area contributed by atoms with Crippen LogP contribution in [0, 0.1) is 43.9 Å². The van der Waals surface area contributed by atoms with Crippen LogP contribution in [0.3, 0.4) is 0 Å². The van der Waals surface area contributed by atoms with E-state index in [0.29, 0.717) is 5.41 Å². The first-order valence-corrected chi connectivity index (χ1v) is 13.7. The second-order valence-electron chi connectivity index (χ2n) is 12.4. The number of hydrogen-bond acceptors (Lipinski definition) is 0. The SMILES string of the molecule is CC(C)=C(C)CC(C)C.CCCCCC(C)(C)C(C)C.Cc1cc(CC(C)C)cc(C)c1C. The highest BCUT2D eigenvalue weighted by molar-refractivity contribution is 5.36. The molecule has 0 nitrogen and oxygen atoms in total. The van der Waals surface area contributed by atoms with E-state index < -0.39 is 0 Å². The number of benzene rings is 1. The van der Waals surface area contributed by atoms with Gasteiger partial charge in [-0.2, -0.15) is 0 Å². The molecule has 0 radical (unpaired) electrons. The Kier molecular flexibility index (Phi) is 18.0. The standard InChI is InChI=1S/C13H20.C11H24.C9H18/c1-9(2)6-13-7-10(3)12(5)11(4)8-13;1-6-7-8-9-11(4,5)10(2)3;1-7(2)6-9(5)8(3)4/h7-9H,6H2,1-5H3;10H,6-9H2,1-5H3;7H,6H2,1-5H3. The van der Waals surface area contributed by atoms with E-state index >= 15 is 0 Å². The largest absolute Gasteiger partial charge is 0.0775 e. The summed E-state index contributed by atoms with van der Waals surface area (Å²) in [6.07, 6.45) is 7.98. The fraction of sp³-hybridized carbons (Fsp3) is 0.758. The van der Waals surface area contributed by atoms with Crippen molar-refractivity contribution in [2.24, 2.45) is 23.2 Å². The molecule has 0 heteroatoms. The molecule has 1 aromatic carbocycles. The van der Waals surface area contributed by atoms with Gasteiger partial charge in [0.25, 0.3) is 0 Å². The molecule has 1 rings (SSSR count). The van der Waals surface area contributed by atoms with Crippen molar-refractivity contribution in [2.45, 2.75) is 142 Å². The molecule has 194 valence electrons. The quantitative estimate of drug-likeness (QED) is 0.255. The summed E-state index contributed by atoms with van der Waals surface area (Å²) < 4.78 is 0. The molecule has 1 aromatic rings. The minimum absolute atomic E-state index is 0.551. The normalized spacial score (nSPS) is 11.2. The maximum Gasteiger partial charge on any atom is -0.0255 e. The van der Waals surface area contributed by atoms with Crippen LogP contribution in [0.25, 0.3) is 0 Å². The summed E-state index contributed by atoms with van der Waals surface area (Å²) in [5.74, 6) is 2.38. The van der Waals surface area contributed by atoms with Crippen molar-refractivity contribution in [1.82, 2.24) is 0 Å². The Balaban J connectivity index is 0. The first-order valence-electron chi connectivity index (χ1n) is 13.7. The van der Waals surface area contributed by atoms with E-state index in [-0.39, 0.29) is 0 Å². The smallest absolute Gasteiger partial charge is 0.0255 e. The molecule has 0 aliphatic carbocycles. The average molecular weight is 459 g/mol. The van der Waals surface area contributed by atoms with E-state index in [9.17, 15) is 0 Å². The molecule has 0 atom stereocenters. The zero-order valence-corrected chi connectivity index (χ0v) is 25.6. The van der Waals surface area contributed by atoms with Gasteiger partial charge in [-0.15, -0.1) is 0 Å². The highest BCUT2D eigenvalue weighted by Gasteiger charge is 2.20. The minimum Gasteiger partial charge on any atom is -0.0775 e. The maximum atomic E-state index is 2.38. The molecular weight excluding hydrogens is 396 g/mol. The Labute approximate surface area is 211 Å². The van der Waals surface area contributed by atoms with Gasteiger partial charge in [-0.05, 0) is 106 Å². The van der Waals surface area contributed by atoms with E-state index in [4.69, 9.17) is 0 Å². The van der Waals surface area contributed by atoms with Crippen molar-refractivity contribution < 1.29 is 0 Å². The lowest BCUT2D eigenvalue weighted by Gasteiger charge is -2.29. The lowest BCUT2D eigenvalue weighted by molar-refractivity contribution is 0.221. The molecule has 0 aliphatic rings. The summed E-state index contributed by atoms with van der Waals surface area (Å²) in [7, 11) is 0. The fourth-order valence-corrected chi connectivity index (χ4v) is 3.65. The Morgan fingerprint density at radius 3 is 1.58 bits per heavy atom. The van der Waals surface area contributed by atoms with Gasteiger partial charge in [0, 0.05) is 0 Å². The van der Waals surface area contributed by atoms with Gasteiger partial charge in [0.1, 0.15) is 0 Å². The molecule has 0 saturated heterocycles. The number of aryl methyl sites for hydroxylation is 2. The van der Waals surface area contributed by atoms with Gasteiger partial charge in [-0.25, -0.2) is 0 Å². The number of unbranched alkanes of at least 4 members (excludes halogenated alkanes) is 2. The molecule has 0 spiro atoms. The van der Waals surface area contributed by atoms with E-state index in [1.807, 2.05) is 0 Å². The molecule has 0 bridgehead atoms. The van der Waals surface area contributed by atoms with Crippen LogP contribution < -0.4 is 0 Å². The molecule has 33 heavy (non-hydrogen) atoms. The average Bonchev–Trinajstić information content (AvgIpc) is 2.66. The summed E-state index contributed by atoms with van der Waals surface area (Å²) in [6, 6.07) is 4.64. The molecule has 0 N–H and O–H groups in total. The van der Waals surface area contributed by atoms with Crippen molar-refractivity contribution in [1.29, 1.82) is 0 Å². The third kappa shape index (κ3) is 17.1. The molecule has 0 aromatic heterocycles. The lowest BCUT2D eigenvalue weighted by Crippen LogP contribution is -2.18. The van der Waals surface area contributed by atoms with Gasteiger partial charge in [-0.3, -0.25) is 0 Å². The summed E-state index contributed by atoms with van der Waals surface area (Å²) in [6.45, 7) is 33.9. The van der Waals surface area contributed by atoms with Gasteiger partial charge in [-0.1, -0.05) is 105 Å². The van der Waals surface area contributed by atoms with Gasteiger partial charge in [0.05, 0.1) is 0 Å². The van der Waals surface area contributed by atoms with Gasteiger partial charge in [0.2, 0.25) is 0 Å². The van der Waals surface area contributed by atoms with E-state index in [1.165, 1.54) is 66.4 Å². The third-order valence-corrected chi connectivity index (χ3v) is 7.19. The van der Waals surface area contributed by atoms with Crippen molar-refractivity contribution in [3.8, 4) is 0 Å². The van der Waals surface area contributed by atoms with Crippen LogP contribution in [0.4, 0.5) is 0 Å². The van der Waals surface area contributed by atoms with Gasteiger partial charge < -0.3 is 0 Å². The van der Waals surface area contributed by atoms with Crippen LogP contribution in [-0.2, 0) is 6.42 Å². The molecule has 0 fully saturated rings. The van der Waals surface area contributed by atoms with Crippen LogP contribution in [0.15, 0.2) is 23.3 Å². The van der Waals surface area contributed by atoms with Crippen LogP contribution >= 0.6 is 0 Å². The van der Waals surface area contributed by atoms with E-state index in [2.05, 4.69) is 116 Å². The summed E-state index contributed by atoms with van der Waals surface area (Å²) >= 11 is 0. The topological polar surface area (TPSA) is 0 Å². The Hall–Kier alpha value is -1.04. The monoisotopic (exact) mass is 458 g/mol. The highest BCUT2D eigenvalue weighted by atomic mass is 14.3. The molecule has 0 heterocycles. The van der Waals surface area contributed by atoms with Crippen molar-refractivity contribution in [3.63, 3.8) is 0 Å². The summed E-state index contributed by atoms with van der Waals surface area (Å²) in [4.78, 5) is 0. The zero-order chi connectivity index (χ0) is 26.4. The predicted octanol–water partition coefficient (Wildman–Crippen LogP) is 11.4. The summed E-state index contributed by atoms with van der Waals surface area (Å²) in [5, 5.41) is 0. The Morgan fingerprint density at radius 2 is 1.27 bits per heavy atom. The molecule has 0 amide bonds. The van der Waals surface area contributed by atoms with Crippen LogP contribution in [0.1, 0.15) is 137 Å². The van der Waals surface area contributed by atoms with Crippen molar-refractivity contribution >= 4 is 0 Å². The minimum atomic E-state index is 0.551. The molecule has 0 unspecified atom stereocenters. The van der Waals surface area contributed by atoms with Crippen LogP contribution in [0.2, 0.25) is 0 Å². The molecular formula is C33H62. The van der Waals surface area contributed by atoms with Crippen molar-refractivity contribution in [3.05, 3.63) is 45.5 Å². The van der Waals surface area contributed by atoms with Gasteiger partial charge >= 0.3 is 0 Å². The summed E-state index contributed by atoms with van der Waals surface area (Å²) in [5.41, 5.74) is 9.35. The molecule has 0 aliphatic heterocycles. The van der Waals surface area contributed by atoms with Crippen LogP contribution in [0.5, 0.6) is 0 Å². The van der Waals surface area contributed by atoms with Crippen LogP contribution in [-0.4, -0.2) is 0 Å². The highest BCUT2D eigenvalue weighted by Crippen LogP contribution is 2.31. The third-order valence-electron chi connectivity index (χ3n) is 7.19. The number of rotatable bonds is 9. The Morgan fingerprint density at radius 1 is 0.788 bits per heavy atom. The zero-order valence-electron chi connectivity index (χ0n) is 25.6. The second kappa shape index (κ2) is 17.4. The predicted molar refractivity (Wildman–Crippen MR) is 155 cm³/mol. The first-order chi connectivity index (χ1) is 15.0. The second-order valence-corrected chi connectivity index (χ2v) is 12.4. The van der Waals surface area contributed by atoms with Crippen molar-refractivity contribution in [2.75, 3.05) is 0 Å². The van der Waals surface area contributed by atoms with E-state index in [0.717, 1.165) is 17.8 Å². The maximum absolute atomic E-state index is 2.38. The van der Waals surface area contributed by atoms with E-state index in [1.54, 1.807) is 5.57 Å². The molecule has 0 saturated carbocycles. The van der Waals surface area contributed by atoms with Gasteiger partial charge in [0.15, 0.2) is 0 Å². The number of hydrogen-bond donors (Lipinski definition) is 0. The Bertz CT molecular complexity index is 640. The first kappa shape index (κ1) is 34.1.